The lowest BCUT2D eigenvalue weighted by Crippen LogP contribution is -2.47. The van der Waals surface area contributed by atoms with Crippen LogP contribution in [-0.2, 0) is 0 Å². The first-order valence-electron chi connectivity index (χ1n) is 7.91. The normalized spacial score (nSPS) is 13.0. The maximum Gasteiger partial charge on any atom is 0.337 e. The van der Waals surface area contributed by atoms with Crippen LogP contribution in [0, 0.1) is 6.92 Å². The van der Waals surface area contributed by atoms with E-state index in [2.05, 4.69) is 6.58 Å². The maximum atomic E-state index is 12.7. The number of hydrogen-bond acceptors (Lipinski definition) is 4. The van der Waals surface area contributed by atoms with Crippen molar-refractivity contribution in [1.82, 2.24) is 4.90 Å². The minimum absolute atomic E-state index is 0.137. The Labute approximate surface area is 146 Å². The van der Waals surface area contributed by atoms with E-state index >= 15 is 0 Å². The summed E-state index contributed by atoms with van der Waals surface area (Å²) in [4.78, 5) is 38.4. The van der Waals surface area contributed by atoms with E-state index in [4.69, 9.17) is 5.64 Å². The summed E-state index contributed by atoms with van der Waals surface area (Å²) in [5.41, 5.74) is 8.40. The summed E-state index contributed by atoms with van der Waals surface area (Å²) < 4.78 is 0. The van der Waals surface area contributed by atoms with Crippen LogP contribution < -0.4 is 11.1 Å². The number of rotatable bonds is 5. The zero-order chi connectivity index (χ0) is 18.1. The van der Waals surface area contributed by atoms with Crippen molar-refractivity contribution in [2.75, 3.05) is 6.54 Å². The Morgan fingerprint density at radius 1 is 1.12 bits per heavy atom. The third-order valence-electron chi connectivity index (χ3n) is 4.29. The van der Waals surface area contributed by atoms with Crippen molar-refractivity contribution in [2.45, 2.75) is 6.92 Å². The number of carbonyl (C=O) groups is 3. The van der Waals surface area contributed by atoms with Crippen molar-refractivity contribution in [2.24, 2.45) is 5.64 Å². The molecule has 0 saturated heterocycles. The van der Waals surface area contributed by atoms with Crippen LogP contribution in [0.1, 0.15) is 36.6 Å². The lowest BCUT2D eigenvalue weighted by atomic mass is 9.52. The van der Waals surface area contributed by atoms with Gasteiger partial charge in [0, 0.05) is 12.1 Å². The number of aryl methyl sites for hydroxylation is 1. The van der Waals surface area contributed by atoms with Crippen LogP contribution in [-0.4, -0.2) is 35.8 Å². The zero-order valence-electron chi connectivity index (χ0n) is 13.9. The van der Waals surface area contributed by atoms with Gasteiger partial charge in [-0.3, -0.25) is 14.5 Å². The molecule has 0 radical (unpaired) electrons. The molecule has 0 saturated carbocycles. The molecule has 0 fully saturated rings. The summed E-state index contributed by atoms with van der Waals surface area (Å²) in [6.07, 6.45) is 1.49. The van der Waals surface area contributed by atoms with Gasteiger partial charge in [0.15, 0.2) is 0 Å². The number of benzene rings is 2. The number of nitrogens with zero attached hydrogens (tertiary/aromatic N) is 1. The van der Waals surface area contributed by atoms with Crippen LogP contribution in [0.2, 0.25) is 0 Å². The molecular weight excluding hydrogens is 315 g/mol. The Hall–Kier alpha value is -2.99. The van der Waals surface area contributed by atoms with Gasteiger partial charge in [-0.1, -0.05) is 47.4 Å². The molecule has 25 heavy (non-hydrogen) atoms. The van der Waals surface area contributed by atoms with E-state index in [0.29, 0.717) is 16.6 Å². The highest BCUT2D eigenvalue weighted by Gasteiger charge is 2.35. The van der Waals surface area contributed by atoms with E-state index < -0.39 is 12.8 Å². The molecule has 5 nitrogen and oxygen atoms in total. The fourth-order valence-electron chi connectivity index (χ4n) is 2.84. The quantitative estimate of drug-likeness (QED) is 0.509. The largest absolute Gasteiger partial charge is 0.359 e. The van der Waals surface area contributed by atoms with Crippen molar-refractivity contribution < 1.29 is 14.4 Å². The number of hydrogen-bond donors (Lipinski definition) is 1. The molecule has 0 spiro atoms. The molecule has 2 aromatic carbocycles. The summed E-state index contributed by atoms with van der Waals surface area (Å²) in [5.74, 6) is -0.791. The summed E-state index contributed by atoms with van der Waals surface area (Å²) in [5, 5.41) is 0. The molecule has 2 N–H and O–H groups in total. The van der Waals surface area contributed by atoms with Gasteiger partial charge in [0.2, 0.25) is 0 Å². The van der Waals surface area contributed by atoms with Gasteiger partial charge in [-0.25, -0.2) is 0 Å². The minimum Gasteiger partial charge on any atom is -0.359 e. The van der Waals surface area contributed by atoms with Crippen LogP contribution in [0.15, 0.2) is 55.1 Å². The Kier molecular flexibility index (Phi) is 4.38. The molecule has 0 bridgehead atoms. The van der Waals surface area contributed by atoms with Crippen LogP contribution >= 0.6 is 0 Å². The lowest BCUT2D eigenvalue weighted by Gasteiger charge is -2.09. The highest BCUT2D eigenvalue weighted by atomic mass is 16.2. The van der Waals surface area contributed by atoms with Gasteiger partial charge in [-0.2, -0.15) is 0 Å². The molecule has 0 unspecified atom stereocenters. The number of nitrogens with two attached hydrogens (primary N) is 1. The van der Waals surface area contributed by atoms with Crippen molar-refractivity contribution in [3.63, 3.8) is 0 Å². The standard InChI is InChI=1S/C19H17BN2O3/c1-3-10-22-18(24)15-9-6-13(11-16(15)19(22)25)17(23)20(21)14-7-4-12(2)5-8-14/h3-9,11H,1,10,21H2,2H3. The maximum absolute atomic E-state index is 12.7. The fraction of sp³-hybridized carbons (Fsp3) is 0.105. The van der Waals surface area contributed by atoms with Gasteiger partial charge in [0.05, 0.1) is 11.1 Å². The zero-order valence-corrected chi connectivity index (χ0v) is 13.9. The van der Waals surface area contributed by atoms with Crippen LogP contribution in [0.4, 0.5) is 0 Å². The van der Waals surface area contributed by atoms with Crippen molar-refractivity contribution >= 4 is 29.8 Å². The number of carbonyl (C=O) groups excluding carboxylic acids is 3. The number of imide groups is 1. The minimum atomic E-state index is -0.824. The average Bonchev–Trinajstić information content (AvgIpc) is 2.86. The first kappa shape index (κ1) is 16.9. The molecule has 0 aromatic heterocycles. The molecule has 6 heteroatoms. The van der Waals surface area contributed by atoms with E-state index in [1.165, 1.54) is 24.3 Å². The highest BCUT2D eigenvalue weighted by molar-refractivity contribution is 6.99. The second-order valence-electron chi connectivity index (χ2n) is 6.02. The van der Waals surface area contributed by atoms with E-state index in [9.17, 15) is 14.4 Å². The smallest absolute Gasteiger partial charge is 0.337 e. The molecular formula is C19H17BN2O3. The number of amides is 2. The van der Waals surface area contributed by atoms with Crippen LogP contribution in [0.25, 0.3) is 0 Å². The molecule has 0 aliphatic carbocycles. The Morgan fingerprint density at radius 2 is 1.76 bits per heavy atom. The van der Waals surface area contributed by atoms with Gasteiger partial charge in [0.25, 0.3) is 11.8 Å². The topological polar surface area (TPSA) is 80.5 Å². The van der Waals surface area contributed by atoms with Crippen molar-refractivity contribution in [3.8, 4) is 0 Å². The SMILES string of the molecule is C=CCN1C(=O)c2ccc(C(=O)B(N)c3ccc(C)cc3)cc2C1=O. The third kappa shape index (κ3) is 2.92. The first-order chi connectivity index (χ1) is 11.9. The van der Waals surface area contributed by atoms with E-state index in [0.717, 1.165) is 10.5 Å². The Balaban J connectivity index is 1.91. The van der Waals surface area contributed by atoms with Crippen LogP contribution in [0.3, 0.4) is 0 Å². The molecule has 0 atom stereocenters. The van der Waals surface area contributed by atoms with Gasteiger partial charge in [-0.15, -0.1) is 6.58 Å². The summed E-state index contributed by atoms with van der Waals surface area (Å²) in [7, 11) is 0. The van der Waals surface area contributed by atoms with E-state index in [1.54, 1.807) is 0 Å². The first-order valence-corrected chi connectivity index (χ1v) is 7.91. The van der Waals surface area contributed by atoms with Crippen molar-refractivity contribution in [1.29, 1.82) is 0 Å². The molecule has 1 aliphatic rings. The molecule has 124 valence electrons. The monoisotopic (exact) mass is 332 g/mol. The molecule has 3 rings (SSSR count). The Morgan fingerprint density at radius 3 is 2.40 bits per heavy atom. The van der Waals surface area contributed by atoms with Gasteiger partial charge >= 0.3 is 6.85 Å². The van der Waals surface area contributed by atoms with Crippen molar-refractivity contribution in [3.05, 3.63) is 77.4 Å². The number of fused-ring (bicyclic) bond motifs is 1. The second kappa shape index (κ2) is 6.49. The molecule has 2 aromatic rings. The molecule has 2 amide bonds. The summed E-state index contributed by atoms with van der Waals surface area (Å²) >= 11 is 0. The average molecular weight is 332 g/mol. The van der Waals surface area contributed by atoms with E-state index in [-0.39, 0.29) is 23.7 Å². The highest BCUT2D eigenvalue weighted by Crippen LogP contribution is 2.24. The van der Waals surface area contributed by atoms with Gasteiger partial charge in [0.1, 0.15) is 5.68 Å². The summed E-state index contributed by atoms with van der Waals surface area (Å²) in [6.45, 7) is 4.81. The summed E-state index contributed by atoms with van der Waals surface area (Å²) in [6, 6.07) is 11.9. The van der Waals surface area contributed by atoms with Gasteiger partial charge < -0.3 is 10.4 Å². The molecule has 1 aliphatic heterocycles. The Bertz CT molecular complexity index is 890. The van der Waals surface area contributed by atoms with E-state index in [1.807, 2.05) is 31.2 Å². The third-order valence-corrected chi connectivity index (χ3v) is 4.29. The van der Waals surface area contributed by atoms with Crippen LogP contribution in [0.5, 0.6) is 0 Å². The lowest BCUT2D eigenvalue weighted by molar-refractivity contribution is 0.0672. The van der Waals surface area contributed by atoms with Gasteiger partial charge in [-0.05, 0) is 19.1 Å². The predicted molar refractivity (Wildman–Crippen MR) is 97.1 cm³/mol. The molecule has 1 heterocycles. The second-order valence-corrected chi connectivity index (χ2v) is 6.02. The fourth-order valence-corrected chi connectivity index (χ4v) is 2.84. The predicted octanol–water partition coefficient (Wildman–Crippen LogP) is 1.36.